The molecule has 0 unspecified atom stereocenters. The van der Waals surface area contributed by atoms with Crippen molar-refractivity contribution in [3.8, 4) is 5.75 Å². The van der Waals surface area contributed by atoms with Gasteiger partial charge in [-0.05, 0) is 31.0 Å². The molecule has 5 nitrogen and oxygen atoms in total. The molecule has 0 radical (unpaired) electrons. The fourth-order valence-corrected chi connectivity index (χ4v) is 3.31. The first-order valence-electron chi connectivity index (χ1n) is 6.85. The van der Waals surface area contributed by atoms with E-state index in [2.05, 4.69) is 5.32 Å². The number of halogens is 1. The largest absolute Gasteiger partial charge is 0.495 e. The molecule has 1 fully saturated rings. The molecule has 2 rings (SSSR count). The smallest absolute Gasteiger partial charge is 0.261 e. The lowest BCUT2D eigenvalue weighted by atomic mass is 9.88. The maximum Gasteiger partial charge on any atom is 0.261 e. The standard InChI is InChI=1S/C14H18ClNO4S/c1-20-13-8-7-11(21(15,18)19)9-12(13)16-14(17)10-5-3-2-4-6-10/h7-10H,2-6H2,1H3,(H,16,17). The molecule has 1 aromatic rings. The van der Waals surface area contributed by atoms with Crippen molar-refractivity contribution in [2.75, 3.05) is 12.4 Å². The minimum absolute atomic E-state index is 0.0280. The summed E-state index contributed by atoms with van der Waals surface area (Å²) in [4.78, 5) is 12.2. The van der Waals surface area contributed by atoms with Gasteiger partial charge in [0.05, 0.1) is 17.7 Å². The zero-order chi connectivity index (χ0) is 15.5. The van der Waals surface area contributed by atoms with Gasteiger partial charge >= 0.3 is 0 Å². The summed E-state index contributed by atoms with van der Waals surface area (Å²) in [7, 11) is 2.94. The fourth-order valence-electron chi connectivity index (χ4n) is 2.54. The molecule has 0 heterocycles. The van der Waals surface area contributed by atoms with E-state index in [1.807, 2.05) is 0 Å². The number of rotatable bonds is 4. The van der Waals surface area contributed by atoms with Crippen LogP contribution in [-0.4, -0.2) is 21.4 Å². The van der Waals surface area contributed by atoms with Crippen molar-refractivity contribution >= 4 is 31.3 Å². The summed E-state index contributed by atoms with van der Waals surface area (Å²) < 4.78 is 27.9. The Kier molecular flexibility index (Phi) is 5.11. The second kappa shape index (κ2) is 6.66. The van der Waals surface area contributed by atoms with Gasteiger partial charge in [0.25, 0.3) is 9.05 Å². The van der Waals surface area contributed by atoms with Crippen LogP contribution in [0.15, 0.2) is 23.1 Å². The van der Waals surface area contributed by atoms with E-state index in [4.69, 9.17) is 15.4 Å². The molecule has 116 valence electrons. The third-order valence-corrected chi connectivity index (χ3v) is 5.04. The summed E-state index contributed by atoms with van der Waals surface area (Å²) in [6.07, 6.45) is 4.98. The predicted octanol–water partition coefficient (Wildman–Crippen LogP) is 3.14. The topological polar surface area (TPSA) is 72.5 Å². The number of nitrogens with one attached hydrogen (secondary N) is 1. The highest BCUT2D eigenvalue weighted by molar-refractivity contribution is 8.13. The number of anilines is 1. The van der Waals surface area contributed by atoms with Crippen LogP contribution in [-0.2, 0) is 13.8 Å². The van der Waals surface area contributed by atoms with Crippen LogP contribution in [0.1, 0.15) is 32.1 Å². The summed E-state index contributed by atoms with van der Waals surface area (Å²) in [5, 5.41) is 2.76. The average Bonchev–Trinajstić information content (AvgIpc) is 2.47. The van der Waals surface area contributed by atoms with E-state index in [9.17, 15) is 13.2 Å². The summed E-state index contributed by atoms with van der Waals surface area (Å²) in [6.45, 7) is 0. The van der Waals surface area contributed by atoms with Gasteiger partial charge in [0.1, 0.15) is 5.75 Å². The molecular weight excluding hydrogens is 314 g/mol. The molecule has 0 saturated heterocycles. The zero-order valence-electron chi connectivity index (χ0n) is 11.8. The number of carbonyl (C=O) groups excluding carboxylic acids is 1. The lowest BCUT2D eigenvalue weighted by Crippen LogP contribution is -2.25. The number of hydrogen-bond donors (Lipinski definition) is 1. The Balaban J connectivity index is 2.22. The minimum Gasteiger partial charge on any atom is -0.495 e. The molecule has 7 heteroatoms. The fraction of sp³-hybridized carbons (Fsp3) is 0.500. The summed E-state index contributed by atoms with van der Waals surface area (Å²) in [5.74, 6) is 0.278. The lowest BCUT2D eigenvalue weighted by molar-refractivity contribution is -0.120. The van der Waals surface area contributed by atoms with Gasteiger partial charge in [0.2, 0.25) is 5.91 Å². The van der Waals surface area contributed by atoms with E-state index in [0.29, 0.717) is 11.4 Å². The second-order valence-electron chi connectivity index (χ2n) is 5.12. The Labute approximate surface area is 129 Å². The van der Waals surface area contributed by atoms with Gasteiger partial charge < -0.3 is 10.1 Å². The van der Waals surface area contributed by atoms with Crippen LogP contribution in [0.2, 0.25) is 0 Å². The molecule has 1 aliphatic rings. The Hall–Kier alpha value is -1.27. The van der Waals surface area contributed by atoms with Crippen LogP contribution in [0, 0.1) is 5.92 Å². The molecule has 0 aliphatic heterocycles. The maximum atomic E-state index is 12.2. The average molecular weight is 332 g/mol. The number of ether oxygens (including phenoxy) is 1. The first-order valence-corrected chi connectivity index (χ1v) is 9.16. The first-order chi connectivity index (χ1) is 9.91. The van der Waals surface area contributed by atoms with Crippen molar-refractivity contribution in [1.29, 1.82) is 0 Å². The molecule has 0 atom stereocenters. The van der Waals surface area contributed by atoms with Crippen molar-refractivity contribution < 1.29 is 17.9 Å². The maximum absolute atomic E-state index is 12.2. The highest BCUT2D eigenvalue weighted by Crippen LogP contribution is 2.31. The Morgan fingerprint density at radius 2 is 1.95 bits per heavy atom. The highest BCUT2D eigenvalue weighted by Gasteiger charge is 2.22. The van der Waals surface area contributed by atoms with Crippen LogP contribution in [0.4, 0.5) is 5.69 Å². The third-order valence-electron chi connectivity index (χ3n) is 3.69. The van der Waals surface area contributed by atoms with Gasteiger partial charge in [-0.15, -0.1) is 0 Å². The normalized spacial score (nSPS) is 16.5. The molecule has 1 N–H and O–H groups in total. The summed E-state index contributed by atoms with van der Waals surface area (Å²) >= 11 is 0. The number of carbonyl (C=O) groups is 1. The van der Waals surface area contributed by atoms with Gasteiger partial charge in [0, 0.05) is 16.6 Å². The second-order valence-corrected chi connectivity index (χ2v) is 7.69. The molecule has 0 aromatic heterocycles. The molecule has 1 aromatic carbocycles. The van der Waals surface area contributed by atoms with Gasteiger partial charge in [-0.2, -0.15) is 0 Å². The van der Waals surface area contributed by atoms with Crippen molar-refractivity contribution in [3.05, 3.63) is 18.2 Å². The van der Waals surface area contributed by atoms with Gasteiger partial charge in [0.15, 0.2) is 0 Å². The monoisotopic (exact) mass is 331 g/mol. The van der Waals surface area contributed by atoms with E-state index < -0.39 is 9.05 Å². The van der Waals surface area contributed by atoms with Crippen molar-refractivity contribution in [3.63, 3.8) is 0 Å². The Morgan fingerprint density at radius 1 is 1.29 bits per heavy atom. The third kappa shape index (κ3) is 4.11. The lowest BCUT2D eigenvalue weighted by Gasteiger charge is -2.21. The van der Waals surface area contributed by atoms with Gasteiger partial charge in [-0.1, -0.05) is 19.3 Å². The van der Waals surface area contributed by atoms with E-state index in [1.54, 1.807) is 0 Å². The van der Waals surface area contributed by atoms with E-state index >= 15 is 0 Å². The van der Waals surface area contributed by atoms with E-state index in [-0.39, 0.29) is 16.7 Å². The van der Waals surface area contributed by atoms with Gasteiger partial charge in [-0.25, -0.2) is 8.42 Å². The molecule has 1 saturated carbocycles. The number of amides is 1. The SMILES string of the molecule is COc1ccc(S(=O)(=O)Cl)cc1NC(=O)C1CCCCC1. The zero-order valence-corrected chi connectivity index (χ0v) is 13.3. The molecular formula is C14H18ClNO4S. The quantitative estimate of drug-likeness (QED) is 0.860. The molecule has 0 spiro atoms. The highest BCUT2D eigenvalue weighted by atomic mass is 35.7. The summed E-state index contributed by atoms with van der Waals surface area (Å²) in [5.41, 5.74) is 0.329. The number of benzene rings is 1. The Morgan fingerprint density at radius 3 is 2.52 bits per heavy atom. The Bertz CT molecular complexity index is 624. The molecule has 1 aliphatic carbocycles. The number of hydrogen-bond acceptors (Lipinski definition) is 4. The minimum atomic E-state index is -3.85. The van der Waals surface area contributed by atoms with Crippen molar-refractivity contribution in [1.82, 2.24) is 0 Å². The molecule has 0 bridgehead atoms. The predicted molar refractivity (Wildman–Crippen MR) is 81.2 cm³/mol. The van der Waals surface area contributed by atoms with Crippen LogP contribution in [0.5, 0.6) is 5.75 Å². The first kappa shape index (κ1) is 16.1. The van der Waals surface area contributed by atoms with Crippen LogP contribution >= 0.6 is 10.7 Å². The molecule has 1 amide bonds. The molecule has 21 heavy (non-hydrogen) atoms. The van der Waals surface area contributed by atoms with Crippen LogP contribution in [0.3, 0.4) is 0 Å². The van der Waals surface area contributed by atoms with E-state index in [1.165, 1.54) is 25.3 Å². The van der Waals surface area contributed by atoms with E-state index in [0.717, 1.165) is 32.1 Å². The number of methoxy groups -OCH3 is 1. The van der Waals surface area contributed by atoms with Crippen molar-refractivity contribution in [2.45, 2.75) is 37.0 Å². The van der Waals surface area contributed by atoms with Crippen LogP contribution in [0.25, 0.3) is 0 Å². The summed E-state index contributed by atoms with van der Waals surface area (Å²) in [6, 6.07) is 4.14. The van der Waals surface area contributed by atoms with Gasteiger partial charge in [-0.3, -0.25) is 4.79 Å². The van der Waals surface area contributed by atoms with Crippen molar-refractivity contribution in [2.24, 2.45) is 5.92 Å². The van der Waals surface area contributed by atoms with Crippen LogP contribution < -0.4 is 10.1 Å².